The summed E-state index contributed by atoms with van der Waals surface area (Å²) >= 11 is 3.21. The monoisotopic (exact) mass is 386 g/mol. The van der Waals surface area contributed by atoms with E-state index in [0.717, 1.165) is 5.56 Å². The van der Waals surface area contributed by atoms with Gasteiger partial charge in [-0.25, -0.2) is 0 Å². The molecule has 0 saturated heterocycles. The van der Waals surface area contributed by atoms with E-state index in [9.17, 15) is 9.59 Å². The molecule has 2 amide bonds. The average molecular weight is 387 g/mol. The molecular formula is C19H19BrN2O2. The van der Waals surface area contributed by atoms with Crippen molar-refractivity contribution in [3.8, 4) is 0 Å². The van der Waals surface area contributed by atoms with E-state index in [-0.39, 0.29) is 18.2 Å². The van der Waals surface area contributed by atoms with Gasteiger partial charge in [0.15, 0.2) is 0 Å². The van der Waals surface area contributed by atoms with Crippen molar-refractivity contribution >= 4 is 27.7 Å². The van der Waals surface area contributed by atoms with E-state index in [2.05, 4.69) is 33.1 Å². The summed E-state index contributed by atoms with van der Waals surface area (Å²) in [6.07, 6.45) is 0.156. The molecule has 1 atom stereocenters. The van der Waals surface area contributed by atoms with Crippen LogP contribution in [0.5, 0.6) is 0 Å². The number of benzene rings is 2. The van der Waals surface area contributed by atoms with E-state index in [1.165, 1.54) is 0 Å². The first-order chi connectivity index (χ1) is 11.6. The minimum atomic E-state index is -0.400. The molecule has 0 radical (unpaired) electrons. The lowest BCUT2D eigenvalue weighted by Gasteiger charge is -2.19. The Hall–Kier alpha value is -2.40. The summed E-state index contributed by atoms with van der Waals surface area (Å²) in [6, 6.07) is 18.0. The zero-order valence-corrected chi connectivity index (χ0v) is 14.8. The van der Waals surface area contributed by atoms with E-state index in [1.807, 2.05) is 36.4 Å². The summed E-state index contributed by atoms with van der Waals surface area (Å²) < 4.78 is 0.695. The molecule has 0 aliphatic heterocycles. The number of halogens is 1. The van der Waals surface area contributed by atoms with Crippen molar-refractivity contribution in [2.75, 3.05) is 6.54 Å². The van der Waals surface area contributed by atoms with Gasteiger partial charge in [0.2, 0.25) is 5.91 Å². The Labute approximate surface area is 150 Å². The van der Waals surface area contributed by atoms with Crippen LogP contribution in [0.2, 0.25) is 0 Å². The number of carbonyl (C=O) groups is 2. The number of carbonyl (C=O) groups excluding carboxylic acids is 2. The molecule has 2 N–H and O–H groups in total. The Morgan fingerprint density at radius 2 is 1.58 bits per heavy atom. The van der Waals surface area contributed by atoms with E-state index in [0.29, 0.717) is 16.6 Å². The van der Waals surface area contributed by atoms with Gasteiger partial charge < -0.3 is 10.6 Å². The molecule has 2 aromatic carbocycles. The molecule has 0 aromatic heterocycles. The van der Waals surface area contributed by atoms with E-state index < -0.39 is 6.04 Å². The quantitative estimate of drug-likeness (QED) is 0.763. The predicted molar refractivity (Wildman–Crippen MR) is 98.8 cm³/mol. The lowest BCUT2D eigenvalue weighted by Crippen LogP contribution is -2.34. The van der Waals surface area contributed by atoms with Gasteiger partial charge in [-0.3, -0.25) is 9.59 Å². The van der Waals surface area contributed by atoms with Crippen LogP contribution in [0.1, 0.15) is 28.4 Å². The SMILES string of the molecule is C=C(Br)CNC(=O)C[C@@H](NC(=O)c1ccccc1)c1ccccc1. The fraction of sp³-hybridized carbons (Fsp3) is 0.158. The zero-order chi connectivity index (χ0) is 17.4. The first kappa shape index (κ1) is 17.9. The molecule has 0 fully saturated rings. The maximum atomic E-state index is 12.4. The number of rotatable bonds is 7. The summed E-state index contributed by atoms with van der Waals surface area (Å²) in [7, 11) is 0. The van der Waals surface area contributed by atoms with Crippen LogP contribution in [0.3, 0.4) is 0 Å². The fourth-order valence-electron chi connectivity index (χ4n) is 2.22. The molecule has 2 rings (SSSR count). The molecular weight excluding hydrogens is 368 g/mol. The van der Waals surface area contributed by atoms with Gasteiger partial charge >= 0.3 is 0 Å². The second-order valence-electron chi connectivity index (χ2n) is 5.30. The topological polar surface area (TPSA) is 58.2 Å². The molecule has 4 nitrogen and oxygen atoms in total. The van der Waals surface area contributed by atoms with Gasteiger partial charge in [0, 0.05) is 16.6 Å². The normalized spacial score (nSPS) is 11.4. The maximum Gasteiger partial charge on any atom is 0.251 e. The van der Waals surface area contributed by atoms with Crippen molar-refractivity contribution in [1.29, 1.82) is 0 Å². The van der Waals surface area contributed by atoms with Crippen molar-refractivity contribution in [2.45, 2.75) is 12.5 Å². The Kier molecular flexibility index (Phi) is 6.75. The van der Waals surface area contributed by atoms with E-state index in [4.69, 9.17) is 0 Å². The second kappa shape index (κ2) is 9.03. The third-order valence-electron chi connectivity index (χ3n) is 3.41. The molecule has 0 unspecified atom stereocenters. The largest absolute Gasteiger partial charge is 0.351 e. The minimum absolute atomic E-state index is 0.155. The molecule has 0 bridgehead atoms. The summed E-state index contributed by atoms with van der Waals surface area (Å²) in [5, 5.41) is 5.69. The third kappa shape index (κ3) is 5.66. The van der Waals surface area contributed by atoms with Crippen molar-refractivity contribution < 1.29 is 9.59 Å². The highest BCUT2D eigenvalue weighted by atomic mass is 79.9. The van der Waals surface area contributed by atoms with Crippen LogP contribution < -0.4 is 10.6 Å². The van der Waals surface area contributed by atoms with Crippen LogP contribution in [0.4, 0.5) is 0 Å². The predicted octanol–water partition coefficient (Wildman–Crippen LogP) is 3.57. The number of nitrogens with one attached hydrogen (secondary N) is 2. The number of hydrogen-bond acceptors (Lipinski definition) is 2. The minimum Gasteiger partial charge on any atom is -0.351 e. The van der Waals surface area contributed by atoms with Gasteiger partial charge in [0.1, 0.15) is 0 Å². The molecule has 0 heterocycles. The molecule has 5 heteroatoms. The van der Waals surface area contributed by atoms with Gasteiger partial charge in [-0.2, -0.15) is 0 Å². The van der Waals surface area contributed by atoms with E-state index >= 15 is 0 Å². The maximum absolute atomic E-state index is 12.4. The number of hydrogen-bond donors (Lipinski definition) is 2. The summed E-state index contributed by atoms with van der Waals surface area (Å²) in [5.74, 6) is -0.361. The van der Waals surface area contributed by atoms with Gasteiger partial charge in [-0.05, 0) is 17.7 Å². The Balaban J connectivity index is 2.10. The first-order valence-electron chi connectivity index (χ1n) is 7.57. The van der Waals surface area contributed by atoms with Crippen LogP contribution in [-0.4, -0.2) is 18.4 Å². The molecule has 0 aliphatic carbocycles. The standard InChI is InChI=1S/C19H19BrN2O2/c1-14(20)13-21-18(23)12-17(15-8-4-2-5-9-15)22-19(24)16-10-6-3-7-11-16/h2-11,17H,1,12-13H2,(H,21,23)(H,22,24)/t17-/m1/s1. The van der Waals surface area contributed by atoms with Gasteiger partial charge in [0.25, 0.3) is 5.91 Å². The fourth-order valence-corrected chi connectivity index (χ4v) is 2.36. The van der Waals surface area contributed by atoms with Crippen LogP contribution in [0.25, 0.3) is 0 Å². The van der Waals surface area contributed by atoms with E-state index in [1.54, 1.807) is 24.3 Å². The lowest BCUT2D eigenvalue weighted by molar-refractivity contribution is -0.121. The Bertz CT molecular complexity index is 702. The van der Waals surface area contributed by atoms with Gasteiger partial charge in [0.05, 0.1) is 12.5 Å². The highest BCUT2D eigenvalue weighted by Gasteiger charge is 2.19. The van der Waals surface area contributed by atoms with Crippen LogP contribution >= 0.6 is 15.9 Å². The third-order valence-corrected chi connectivity index (χ3v) is 3.69. The summed E-state index contributed by atoms with van der Waals surface area (Å²) in [5.41, 5.74) is 1.45. The van der Waals surface area contributed by atoms with Gasteiger partial charge in [-0.1, -0.05) is 71.0 Å². The highest BCUT2D eigenvalue weighted by Crippen LogP contribution is 2.17. The second-order valence-corrected chi connectivity index (χ2v) is 6.42. The highest BCUT2D eigenvalue weighted by molar-refractivity contribution is 9.11. The molecule has 0 saturated carbocycles. The van der Waals surface area contributed by atoms with Crippen molar-refractivity contribution in [3.63, 3.8) is 0 Å². The summed E-state index contributed by atoms with van der Waals surface area (Å²) in [6.45, 7) is 4.04. The van der Waals surface area contributed by atoms with Crippen molar-refractivity contribution in [3.05, 3.63) is 82.9 Å². The van der Waals surface area contributed by atoms with Gasteiger partial charge in [-0.15, -0.1) is 0 Å². The van der Waals surface area contributed by atoms with Crippen LogP contribution in [0, 0.1) is 0 Å². The van der Waals surface area contributed by atoms with Crippen molar-refractivity contribution in [1.82, 2.24) is 10.6 Å². The lowest BCUT2D eigenvalue weighted by atomic mass is 10.0. The Morgan fingerprint density at radius 3 is 2.17 bits per heavy atom. The smallest absolute Gasteiger partial charge is 0.251 e. The van der Waals surface area contributed by atoms with Crippen molar-refractivity contribution in [2.24, 2.45) is 0 Å². The molecule has 0 aliphatic rings. The van der Waals surface area contributed by atoms with Crippen LogP contribution in [-0.2, 0) is 4.79 Å². The van der Waals surface area contributed by atoms with Crippen LogP contribution in [0.15, 0.2) is 71.7 Å². The Morgan fingerprint density at radius 1 is 1.00 bits per heavy atom. The average Bonchev–Trinajstić information content (AvgIpc) is 2.61. The molecule has 24 heavy (non-hydrogen) atoms. The first-order valence-corrected chi connectivity index (χ1v) is 8.36. The molecule has 0 spiro atoms. The molecule has 124 valence electrons. The molecule has 2 aromatic rings. The number of amides is 2. The summed E-state index contributed by atoms with van der Waals surface area (Å²) in [4.78, 5) is 24.5. The zero-order valence-electron chi connectivity index (χ0n) is 13.2.